The van der Waals surface area contributed by atoms with Crippen molar-refractivity contribution in [3.05, 3.63) is 53.8 Å². The zero-order valence-corrected chi connectivity index (χ0v) is 11.9. The molecule has 19 heavy (non-hydrogen) atoms. The summed E-state index contributed by atoms with van der Waals surface area (Å²) in [5.41, 5.74) is 2.80. The van der Waals surface area contributed by atoms with Gasteiger partial charge in [-0.25, -0.2) is 4.98 Å². The first-order valence-corrected chi connectivity index (χ1v) is 7.44. The molecule has 2 nitrogen and oxygen atoms in total. The molecule has 0 N–H and O–H groups in total. The number of fused-ring (bicyclic) bond motifs is 1. The van der Waals surface area contributed by atoms with Crippen molar-refractivity contribution >= 4 is 34.3 Å². The minimum atomic E-state index is 0.468. The molecule has 94 valence electrons. The minimum Gasteiger partial charge on any atom is -0.256 e. The van der Waals surface area contributed by atoms with Crippen molar-refractivity contribution in [2.24, 2.45) is 0 Å². The molecule has 0 bridgehead atoms. The second-order valence-electron chi connectivity index (χ2n) is 4.09. The molecule has 0 radical (unpaired) electrons. The number of nitrogens with zero attached hydrogens (tertiary/aromatic N) is 2. The van der Waals surface area contributed by atoms with Gasteiger partial charge < -0.3 is 0 Å². The average molecular weight is 287 g/mol. The predicted molar refractivity (Wildman–Crippen MR) is 81.8 cm³/mol. The Morgan fingerprint density at radius 2 is 1.89 bits per heavy atom. The highest BCUT2D eigenvalue weighted by Gasteiger charge is 2.08. The van der Waals surface area contributed by atoms with Gasteiger partial charge in [0, 0.05) is 28.1 Å². The van der Waals surface area contributed by atoms with E-state index in [1.807, 2.05) is 12.1 Å². The summed E-state index contributed by atoms with van der Waals surface area (Å²) in [7, 11) is 0. The number of hydrogen-bond acceptors (Lipinski definition) is 3. The Morgan fingerprint density at radius 3 is 2.63 bits per heavy atom. The molecule has 0 saturated heterocycles. The SMILES string of the molecule is CSc1ccc(-c2nc(Cl)cc3ncccc23)cc1. The molecular weight excluding hydrogens is 276 g/mol. The topological polar surface area (TPSA) is 25.8 Å². The molecular formula is C15H11ClN2S. The first-order chi connectivity index (χ1) is 9.28. The fourth-order valence-corrected chi connectivity index (χ4v) is 2.61. The van der Waals surface area contributed by atoms with Crippen LogP contribution in [0, 0.1) is 0 Å². The summed E-state index contributed by atoms with van der Waals surface area (Å²) in [6.07, 6.45) is 3.82. The lowest BCUT2D eigenvalue weighted by Gasteiger charge is -2.07. The van der Waals surface area contributed by atoms with Crippen LogP contribution in [-0.4, -0.2) is 16.2 Å². The number of aromatic nitrogens is 2. The monoisotopic (exact) mass is 286 g/mol. The Morgan fingerprint density at radius 1 is 1.11 bits per heavy atom. The van der Waals surface area contributed by atoms with Crippen LogP contribution in [0.5, 0.6) is 0 Å². The predicted octanol–water partition coefficient (Wildman–Crippen LogP) is 4.67. The summed E-state index contributed by atoms with van der Waals surface area (Å²) < 4.78 is 0. The van der Waals surface area contributed by atoms with E-state index >= 15 is 0 Å². The van der Waals surface area contributed by atoms with Gasteiger partial charge >= 0.3 is 0 Å². The fourth-order valence-electron chi connectivity index (χ4n) is 2.01. The van der Waals surface area contributed by atoms with E-state index < -0.39 is 0 Å². The Kier molecular flexibility index (Phi) is 3.40. The summed E-state index contributed by atoms with van der Waals surface area (Å²) in [6.45, 7) is 0. The number of rotatable bonds is 2. The maximum Gasteiger partial charge on any atom is 0.131 e. The Hall–Kier alpha value is -1.58. The Balaban J connectivity index is 2.22. The van der Waals surface area contributed by atoms with E-state index in [0.717, 1.165) is 22.2 Å². The van der Waals surface area contributed by atoms with Gasteiger partial charge in [-0.3, -0.25) is 4.98 Å². The molecule has 3 rings (SSSR count). The Bertz CT molecular complexity index is 726. The van der Waals surface area contributed by atoms with E-state index in [4.69, 9.17) is 11.6 Å². The van der Waals surface area contributed by atoms with Gasteiger partial charge in [0.05, 0.1) is 11.2 Å². The van der Waals surface area contributed by atoms with Gasteiger partial charge in [0.1, 0.15) is 5.15 Å². The van der Waals surface area contributed by atoms with E-state index in [2.05, 4.69) is 40.5 Å². The van der Waals surface area contributed by atoms with Crippen molar-refractivity contribution < 1.29 is 0 Å². The second kappa shape index (κ2) is 5.19. The third kappa shape index (κ3) is 2.44. The number of thioether (sulfide) groups is 1. The lowest BCUT2D eigenvalue weighted by Crippen LogP contribution is -1.89. The number of pyridine rings is 2. The van der Waals surface area contributed by atoms with E-state index in [9.17, 15) is 0 Å². The smallest absolute Gasteiger partial charge is 0.131 e. The molecule has 0 amide bonds. The van der Waals surface area contributed by atoms with Crippen molar-refractivity contribution in [3.8, 4) is 11.3 Å². The van der Waals surface area contributed by atoms with Crippen LogP contribution in [-0.2, 0) is 0 Å². The third-order valence-corrected chi connectivity index (χ3v) is 3.87. The van der Waals surface area contributed by atoms with E-state index in [0.29, 0.717) is 5.15 Å². The highest BCUT2D eigenvalue weighted by atomic mass is 35.5. The van der Waals surface area contributed by atoms with Gasteiger partial charge in [-0.15, -0.1) is 11.8 Å². The molecule has 0 aliphatic carbocycles. The fraction of sp³-hybridized carbons (Fsp3) is 0.0667. The standard InChI is InChI=1S/C15H11ClN2S/c1-19-11-6-4-10(5-7-11)15-12-3-2-8-17-13(12)9-14(16)18-15/h2-9H,1H3. The maximum atomic E-state index is 6.08. The Labute approximate surface area is 120 Å². The molecule has 3 aromatic rings. The molecule has 0 spiro atoms. The molecule has 0 saturated carbocycles. The van der Waals surface area contributed by atoms with Crippen LogP contribution in [0.1, 0.15) is 0 Å². The molecule has 0 unspecified atom stereocenters. The first-order valence-electron chi connectivity index (χ1n) is 5.83. The average Bonchev–Trinajstić information content (AvgIpc) is 2.46. The quantitative estimate of drug-likeness (QED) is 0.506. The van der Waals surface area contributed by atoms with Crippen LogP contribution in [0.3, 0.4) is 0 Å². The first kappa shape index (κ1) is 12.5. The molecule has 0 atom stereocenters. The lowest BCUT2D eigenvalue weighted by molar-refractivity contribution is 1.32. The zero-order valence-electron chi connectivity index (χ0n) is 10.3. The highest BCUT2D eigenvalue weighted by Crippen LogP contribution is 2.29. The van der Waals surface area contributed by atoms with Crippen LogP contribution in [0.2, 0.25) is 5.15 Å². The van der Waals surface area contributed by atoms with E-state index in [1.165, 1.54) is 4.90 Å². The number of halogens is 1. The zero-order chi connectivity index (χ0) is 13.2. The van der Waals surface area contributed by atoms with Crippen molar-refractivity contribution in [3.63, 3.8) is 0 Å². The number of benzene rings is 1. The molecule has 0 aliphatic heterocycles. The molecule has 2 aromatic heterocycles. The third-order valence-electron chi connectivity index (χ3n) is 2.93. The van der Waals surface area contributed by atoms with Crippen molar-refractivity contribution in [1.82, 2.24) is 9.97 Å². The second-order valence-corrected chi connectivity index (χ2v) is 5.36. The van der Waals surface area contributed by atoms with Crippen molar-refractivity contribution in [2.75, 3.05) is 6.26 Å². The summed E-state index contributed by atoms with van der Waals surface area (Å²) in [5.74, 6) is 0. The van der Waals surface area contributed by atoms with E-state index in [1.54, 1.807) is 24.0 Å². The van der Waals surface area contributed by atoms with Crippen LogP contribution in [0.15, 0.2) is 53.6 Å². The normalized spacial score (nSPS) is 10.8. The summed E-state index contributed by atoms with van der Waals surface area (Å²) in [6, 6.07) is 14.0. The van der Waals surface area contributed by atoms with Gasteiger partial charge in [0.2, 0.25) is 0 Å². The molecule has 4 heteroatoms. The van der Waals surface area contributed by atoms with Gasteiger partial charge in [-0.1, -0.05) is 23.7 Å². The summed E-state index contributed by atoms with van der Waals surface area (Å²) in [4.78, 5) is 10.0. The van der Waals surface area contributed by atoms with Gasteiger partial charge in [-0.2, -0.15) is 0 Å². The largest absolute Gasteiger partial charge is 0.256 e. The maximum absolute atomic E-state index is 6.08. The van der Waals surface area contributed by atoms with Gasteiger partial charge in [0.25, 0.3) is 0 Å². The van der Waals surface area contributed by atoms with Crippen LogP contribution in [0.4, 0.5) is 0 Å². The van der Waals surface area contributed by atoms with Crippen molar-refractivity contribution in [2.45, 2.75) is 4.90 Å². The molecule has 0 aliphatic rings. The lowest BCUT2D eigenvalue weighted by atomic mass is 10.1. The van der Waals surface area contributed by atoms with Crippen LogP contribution >= 0.6 is 23.4 Å². The molecule has 0 fully saturated rings. The summed E-state index contributed by atoms with van der Waals surface area (Å²) in [5, 5.41) is 1.49. The minimum absolute atomic E-state index is 0.468. The highest BCUT2D eigenvalue weighted by molar-refractivity contribution is 7.98. The van der Waals surface area contributed by atoms with Crippen LogP contribution < -0.4 is 0 Å². The van der Waals surface area contributed by atoms with Crippen LogP contribution in [0.25, 0.3) is 22.2 Å². The number of hydrogen-bond donors (Lipinski definition) is 0. The molecule has 1 aromatic carbocycles. The molecule has 2 heterocycles. The van der Waals surface area contributed by atoms with Gasteiger partial charge in [-0.05, 0) is 30.5 Å². The van der Waals surface area contributed by atoms with Crippen molar-refractivity contribution in [1.29, 1.82) is 0 Å². The van der Waals surface area contributed by atoms with E-state index in [-0.39, 0.29) is 0 Å². The van der Waals surface area contributed by atoms with Gasteiger partial charge in [0.15, 0.2) is 0 Å². The summed E-state index contributed by atoms with van der Waals surface area (Å²) >= 11 is 7.80.